The predicted molar refractivity (Wildman–Crippen MR) is 98.8 cm³/mol. The Labute approximate surface area is 147 Å². The minimum absolute atomic E-state index is 0.209. The summed E-state index contributed by atoms with van der Waals surface area (Å²) in [6.07, 6.45) is 16.1. The molecule has 0 N–H and O–H groups in total. The van der Waals surface area contributed by atoms with Crippen LogP contribution in [0.3, 0.4) is 0 Å². The molecule has 0 heterocycles. The van der Waals surface area contributed by atoms with Gasteiger partial charge in [0.25, 0.3) is 5.91 Å². The molecule has 0 unspecified atom stereocenters. The van der Waals surface area contributed by atoms with Gasteiger partial charge in [0.15, 0.2) is 4.33 Å². The maximum Gasteiger partial charge on any atom is 0.258 e. The second-order valence-electron chi connectivity index (χ2n) is 6.54. The first kappa shape index (κ1) is 22.1. The van der Waals surface area contributed by atoms with E-state index in [1.54, 1.807) is 14.1 Å². The van der Waals surface area contributed by atoms with E-state index in [2.05, 4.69) is 6.92 Å². The minimum Gasteiger partial charge on any atom is -0.346 e. The molecule has 0 bridgehead atoms. The molecule has 0 aliphatic heterocycles. The molecule has 2 nitrogen and oxygen atoms in total. The third-order valence-corrected chi connectivity index (χ3v) is 4.76. The van der Waals surface area contributed by atoms with Crippen LogP contribution in [0.25, 0.3) is 0 Å². The predicted octanol–water partition coefficient (Wildman–Crippen LogP) is 6.34. The zero-order valence-electron chi connectivity index (χ0n) is 14.8. The topological polar surface area (TPSA) is 20.3 Å². The highest BCUT2D eigenvalue weighted by Gasteiger charge is 2.34. The molecule has 0 radical (unpaired) electrons. The number of alkyl halides is 2. The quantitative estimate of drug-likeness (QED) is 0.264. The zero-order chi connectivity index (χ0) is 16.8. The summed E-state index contributed by atoms with van der Waals surface area (Å²) < 4.78 is -1.25. The molecule has 1 amide bonds. The Morgan fingerprint density at radius 1 is 0.773 bits per heavy atom. The monoisotopic (exact) mass is 351 g/mol. The number of hydrogen-bond donors (Lipinski definition) is 0. The normalized spacial score (nSPS) is 11.7. The average Bonchev–Trinajstić information content (AvgIpc) is 2.47. The van der Waals surface area contributed by atoms with E-state index >= 15 is 0 Å². The summed E-state index contributed by atoms with van der Waals surface area (Å²) in [6.45, 7) is 2.26. The highest BCUT2D eigenvalue weighted by Crippen LogP contribution is 2.29. The largest absolute Gasteiger partial charge is 0.346 e. The summed E-state index contributed by atoms with van der Waals surface area (Å²) in [7, 11) is 3.37. The van der Waals surface area contributed by atoms with Gasteiger partial charge in [-0.2, -0.15) is 0 Å². The lowest BCUT2D eigenvalue weighted by Gasteiger charge is -2.22. The Hall–Kier alpha value is 0.0500. The summed E-state index contributed by atoms with van der Waals surface area (Å²) >= 11 is 12.2. The van der Waals surface area contributed by atoms with Crippen molar-refractivity contribution in [2.24, 2.45) is 0 Å². The first-order chi connectivity index (χ1) is 10.4. The van der Waals surface area contributed by atoms with Crippen LogP contribution in [0.2, 0.25) is 0 Å². The molecular formula is C18H35Cl2NO. The molecule has 0 spiro atoms. The van der Waals surface area contributed by atoms with Crippen molar-refractivity contribution in [2.75, 3.05) is 14.1 Å². The van der Waals surface area contributed by atoms with Crippen molar-refractivity contribution in [2.45, 2.75) is 94.7 Å². The van der Waals surface area contributed by atoms with E-state index in [1.165, 1.54) is 69.1 Å². The Bertz CT molecular complexity index is 280. The van der Waals surface area contributed by atoms with Crippen molar-refractivity contribution in [3.05, 3.63) is 0 Å². The third-order valence-electron chi connectivity index (χ3n) is 4.06. The van der Waals surface area contributed by atoms with Crippen molar-refractivity contribution in [3.63, 3.8) is 0 Å². The first-order valence-corrected chi connectivity index (χ1v) is 9.77. The van der Waals surface area contributed by atoms with Crippen LogP contribution >= 0.6 is 23.2 Å². The number of carbonyl (C=O) groups is 1. The van der Waals surface area contributed by atoms with Crippen LogP contribution in [-0.4, -0.2) is 29.2 Å². The van der Waals surface area contributed by atoms with Crippen molar-refractivity contribution in [1.82, 2.24) is 4.90 Å². The Morgan fingerprint density at radius 3 is 1.50 bits per heavy atom. The summed E-state index contributed by atoms with van der Waals surface area (Å²) in [4.78, 5) is 13.2. The van der Waals surface area contributed by atoms with Crippen LogP contribution in [0.1, 0.15) is 90.4 Å². The van der Waals surface area contributed by atoms with Crippen LogP contribution in [0.5, 0.6) is 0 Å². The van der Waals surface area contributed by atoms with Crippen molar-refractivity contribution in [1.29, 1.82) is 0 Å². The van der Waals surface area contributed by atoms with Gasteiger partial charge in [-0.1, -0.05) is 101 Å². The molecule has 0 aromatic rings. The fraction of sp³-hybridized carbons (Fsp3) is 0.944. The molecule has 132 valence electrons. The fourth-order valence-corrected chi connectivity index (χ4v) is 3.23. The zero-order valence-corrected chi connectivity index (χ0v) is 16.3. The molecule has 0 saturated heterocycles. The highest BCUT2D eigenvalue weighted by atomic mass is 35.5. The SMILES string of the molecule is CCCCCCCCCCCCCCC(Cl)(Cl)C(=O)N(C)C. The van der Waals surface area contributed by atoms with E-state index in [1.807, 2.05) is 0 Å². The molecular weight excluding hydrogens is 317 g/mol. The lowest BCUT2D eigenvalue weighted by Crippen LogP contribution is -2.37. The third kappa shape index (κ3) is 11.6. The lowest BCUT2D eigenvalue weighted by atomic mass is 10.0. The number of rotatable bonds is 14. The van der Waals surface area contributed by atoms with Gasteiger partial charge in [0, 0.05) is 14.1 Å². The van der Waals surface area contributed by atoms with E-state index in [0.717, 1.165) is 12.8 Å². The molecule has 0 atom stereocenters. The van der Waals surface area contributed by atoms with Crippen LogP contribution in [0.15, 0.2) is 0 Å². The standard InChI is InChI=1S/C18H35Cl2NO/c1-4-5-6-7-8-9-10-11-12-13-14-15-16-18(19,20)17(22)21(2)3/h4-16H2,1-3H3. The molecule has 0 saturated carbocycles. The fourth-order valence-electron chi connectivity index (χ4n) is 2.62. The molecule has 0 fully saturated rings. The minimum atomic E-state index is -1.25. The van der Waals surface area contributed by atoms with Gasteiger partial charge in [0.1, 0.15) is 0 Å². The van der Waals surface area contributed by atoms with Gasteiger partial charge in [-0.25, -0.2) is 0 Å². The second-order valence-corrected chi connectivity index (χ2v) is 8.03. The molecule has 0 aliphatic rings. The summed E-state index contributed by atoms with van der Waals surface area (Å²) in [5, 5.41) is 0. The Kier molecular flexibility index (Phi) is 13.5. The Balaban J connectivity index is 3.38. The van der Waals surface area contributed by atoms with E-state index in [-0.39, 0.29) is 5.91 Å². The van der Waals surface area contributed by atoms with Crippen molar-refractivity contribution in [3.8, 4) is 0 Å². The smallest absolute Gasteiger partial charge is 0.258 e. The van der Waals surface area contributed by atoms with Crippen molar-refractivity contribution >= 4 is 29.1 Å². The molecule has 4 heteroatoms. The van der Waals surface area contributed by atoms with Crippen LogP contribution in [-0.2, 0) is 4.79 Å². The van der Waals surface area contributed by atoms with E-state index in [0.29, 0.717) is 6.42 Å². The van der Waals surface area contributed by atoms with Gasteiger partial charge >= 0.3 is 0 Å². The van der Waals surface area contributed by atoms with Crippen LogP contribution in [0, 0.1) is 0 Å². The van der Waals surface area contributed by atoms with Gasteiger partial charge < -0.3 is 4.90 Å². The number of amides is 1. The highest BCUT2D eigenvalue weighted by molar-refractivity contribution is 6.58. The molecule has 0 rings (SSSR count). The molecule has 0 aromatic heterocycles. The van der Waals surface area contributed by atoms with Gasteiger partial charge in [-0.05, 0) is 12.8 Å². The van der Waals surface area contributed by atoms with Gasteiger partial charge in [0.05, 0.1) is 0 Å². The van der Waals surface area contributed by atoms with E-state index in [9.17, 15) is 4.79 Å². The number of hydrogen-bond acceptors (Lipinski definition) is 1. The summed E-state index contributed by atoms with van der Waals surface area (Å²) in [5.74, 6) is -0.209. The second kappa shape index (κ2) is 13.5. The number of halogens is 2. The van der Waals surface area contributed by atoms with Gasteiger partial charge in [-0.3, -0.25) is 4.79 Å². The average molecular weight is 352 g/mol. The number of unbranched alkanes of at least 4 members (excludes halogenated alkanes) is 11. The van der Waals surface area contributed by atoms with E-state index in [4.69, 9.17) is 23.2 Å². The molecule has 22 heavy (non-hydrogen) atoms. The van der Waals surface area contributed by atoms with Crippen LogP contribution in [0.4, 0.5) is 0 Å². The van der Waals surface area contributed by atoms with Gasteiger partial charge in [-0.15, -0.1) is 0 Å². The van der Waals surface area contributed by atoms with E-state index < -0.39 is 4.33 Å². The Morgan fingerprint density at radius 2 is 1.14 bits per heavy atom. The maximum absolute atomic E-state index is 11.8. The van der Waals surface area contributed by atoms with Gasteiger partial charge in [0.2, 0.25) is 0 Å². The van der Waals surface area contributed by atoms with Crippen LogP contribution < -0.4 is 0 Å². The number of carbonyl (C=O) groups excluding carboxylic acids is 1. The molecule has 0 aliphatic carbocycles. The number of nitrogens with zero attached hydrogens (tertiary/aromatic N) is 1. The maximum atomic E-state index is 11.8. The summed E-state index contributed by atoms with van der Waals surface area (Å²) in [6, 6.07) is 0. The summed E-state index contributed by atoms with van der Waals surface area (Å²) in [5.41, 5.74) is 0. The van der Waals surface area contributed by atoms with Crippen molar-refractivity contribution < 1.29 is 4.79 Å². The lowest BCUT2D eigenvalue weighted by molar-refractivity contribution is -0.129. The first-order valence-electron chi connectivity index (χ1n) is 9.01. The molecule has 0 aromatic carbocycles.